The van der Waals surface area contributed by atoms with Gasteiger partial charge in [-0.3, -0.25) is 9.59 Å². The minimum Gasteiger partial charge on any atom is -0.362 e. The Bertz CT molecular complexity index is 457. The van der Waals surface area contributed by atoms with E-state index < -0.39 is 0 Å². The van der Waals surface area contributed by atoms with E-state index >= 15 is 0 Å². The lowest BCUT2D eigenvalue weighted by Crippen LogP contribution is -2.44. The quantitative estimate of drug-likeness (QED) is 0.413. The molecule has 4 N–H and O–H groups in total. The molecule has 0 aromatic rings. The van der Waals surface area contributed by atoms with E-state index in [0.717, 1.165) is 57.8 Å². The first kappa shape index (κ1) is 20.0. The fourth-order valence-corrected chi connectivity index (χ4v) is 3.79. The highest BCUT2D eigenvalue weighted by atomic mass is 32.1. The highest BCUT2D eigenvalue weighted by molar-refractivity contribution is 7.80. The molecule has 0 atom stereocenters. The SMILES string of the molecule is O=C(NC(=S)NCCCNC(=S)NC(=O)C1CCCC1)C1CCCC1. The summed E-state index contributed by atoms with van der Waals surface area (Å²) in [6.07, 6.45) is 9.12. The van der Waals surface area contributed by atoms with E-state index in [9.17, 15) is 9.59 Å². The molecule has 8 heteroatoms. The van der Waals surface area contributed by atoms with Gasteiger partial charge in [-0.15, -0.1) is 0 Å². The van der Waals surface area contributed by atoms with E-state index in [2.05, 4.69) is 21.3 Å². The molecule has 0 aliphatic heterocycles. The van der Waals surface area contributed by atoms with Crippen LogP contribution < -0.4 is 21.3 Å². The maximum absolute atomic E-state index is 11.9. The van der Waals surface area contributed by atoms with Crippen molar-refractivity contribution in [3.63, 3.8) is 0 Å². The molecular formula is C17H28N4O2S2. The van der Waals surface area contributed by atoms with Gasteiger partial charge in [0.05, 0.1) is 0 Å². The molecule has 0 bridgehead atoms. The molecule has 2 aliphatic carbocycles. The van der Waals surface area contributed by atoms with Crippen LogP contribution in [-0.2, 0) is 9.59 Å². The van der Waals surface area contributed by atoms with Crippen molar-refractivity contribution >= 4 is 46.5 Å². The molecule has 2 fully saturated rings. The molecule has 2 rings (SSSR count). The van der Waals surface area contributed by atoms with Crippen molar-refractivity contribution < 1.29 is 9.59 Å². The molecule has 0 heterocycles. The first-order valence-electron chi connectivity index (χ1n) is 9.23. The lowest BCUT2D eigenvalue weighted by molar-refractivity contribution is -0.124. The van der Waals surface area contributed by atoms with Crippen LogP contribution in [0.2, 0.25) is 0 Å². The van der Waals surface area contributed by atoms with Crippen molar-refractivity contribution in [2.24, 2.45) is 11.8 Å². The Morgan fingerprint density at radius 1 is 0.720 bits per heavy atom. The molecule has 0 radical (unpaired) electrons. The van der Waals surface area contributed by atoms with Gasteiger partial charge in [-0.1, -0.05) is 25.7 Å². The van der Waals surface area contributed by atoms with E-state index in [1.165, 1.54) is 0 Å². The second-order valence-corrected chi connectivity index (χ2v) is 7.62. The normalized spacial score (nSPS) is 17.9. The first-order valence-corrected chi connectivity index (χ1v) is 10.1. The van der Waals surface area contributed by atoms with E-state index in [0.29, 0.717) is 23.3 Å². The average molecular weight is 385 g/mol. The zero-order chi connectivity index (χ0) is 18.1. The minimum atomic E-state index is 0.0314. The van der Waals surface area contributed by atoms with Gasteiger partial charge in [0.25, 0.3) is 0 Å². The predicted octanol–water partition coefficient (Wildman–Crippen LogP) is 1.74. The molecule has 2 saturated carbocycles. The molecule has 0 aromatic heterocycles. The Balaban J connectivity index is 1.49. The molecule has 0 unspecified atom stereocenters. The Morgan fingerprint density at radius 2 is 1.08 bits per heavy atom. The summed E-state index contributed by atoms with van der Waals surface area (Å²) in [5.74, 6) is 0.289. The van der Waals surface area contributed by atoms with Gasteiger partial charge in [0.2, 0.25) is 11.8 Å². The second-order valence-electron chi connectivity index (χ2n) is 6.81. The average Bonchev–Trinajstić information content (AvgIpc) is 3.27. The molecule has 0 aromatic carbocycles. The van der Waals surface area contributed by atoms with Crippen molar-refractivity contribution in [3.05, 3.63) is 0 Å². The lowest BCUT2D eigenvalue weighted by atomic mass is 10.1. The van der Waals surface area contributed by atoms with Crippen molar-refractivity contribution in [1.29, 1.82) is 0 Å². The van der Waals surface area contributed by atoms with Crippen molar-refractivity contribution in [2.75, 3.05) is 13.1 Å². The summed E-state index contributed by atoms with van der Waals surface area (Å²) < 4.78 is 0. The molecule has 2 aliphatic rings. The number of thiocarbonyl (C=S) groups is 2. The van der Waals surface area contributed by atoms with Gasteiger partial charge in [-0.2, -0.15) is 0 Å². The Hall–Kier alpha value is -1.28. The van der Waals surface area contributed by atoms with Gasteiger partial charge in [0, 0.05) is 24.9 Å². The van der Waals surface area contributed by atoms with E-state index in [1.54, 1.807) is 0 Å². The van der Waals surface area contributed by atoms with Gasteiger partial charge in [-0.05, 0) is 56.5 Å². The summed E-state index contributed by atoms with van der Waals surface area (Å²) in [7, 11) is 0. The lowest BCUT2D eigenvalue weighted by Gasteiger charge is -2.14. The topological polar surface area (TPSA) is 82.3 Å². The molecule has 6 nitrogen and oxygen atoms in total. The van der Waals surface area contributed by atoms with E-state index in [-0.39, 0.29) is 23.7 Å². The van der Waals surface area contributed by atoms with Crippen LogP contribution in [-0.4, -0.2) is 35.1 Å². The Morgan fingerprint density at radius 3 is 1.44 bits per heavy atom. The maximum atomic E-state index is 11.9. The maximum Gasteiger partial charge on any atom is 0.229 e. The predicted molar refractivity (Wildman–Crippen MR) is 106 cm³/mol. The van der Waals surface area contributed by atoms with E-state index in [4.69, 9.17) is 24.4 Å². The molecule has 0 saturated heterocycles. The first-order chi connectivity index (χ1) is 12.1. The number of carbonyl (C=O) groups is 2. The second kappa shape index (κ2) is 10.7. The van der Waals surface area contributed by atoms with Crippen LogP contribution in [0.25, 0.3) is 0 Å². The van der Waals surface area contributed by atoms with E-state index in [1.807, 2.05) is 0 Å². The molecule has 0 spiro atoms. The number of nitrogens with one attached hydrogen (secondary N) is 4. The van der Waals surface area contributed by atoms with Crippen LogP contribution in [0, 0.1) is 11.8 Å². The van der Waals surface area contributed by atoms with Crippen LogP contribution in [0.1, 0.15) is 57.8 Å². The Kier molecular flexibility index (Phi) is 8.54. The fraction of sp³-hybridized carbons (Fsp3) is 0.765. The van der Waals surface area contributed by atoms with Crippen LogP contribution >= 0.6 is 24.4 Å². The number of amides is 2. The zero-order valence-electron chi connectivity index (χ0n) is 14.6. The summed E-state index contributed by atoms with van der Waals surface area (Å²) in [4.78, 5) is 23.9. The fourth-order valence-electron chi connectivity index (χ4n) is 3.38. The Labute approximate surface area is 160 Å². The monoisotopic (exact) mass is 384 g/mol. The van der Waals surface area contributed by atoms with Crippen LogP contribution in [0.4, 0.5) is 0 Å². The highest BCUT2D eigenvalue weighted by Gasteiger charge is 2.23. The summed E-state index contributed by atoms with van der Waals surface area (Å²) in [6.45, 7) is 1.27. The van der Waals surface area contributed by atoms with Crippen LogP contribution in [0.3, 0.4) is 0 Å². The van der Waals surface area contributed by atoms with Crippen LogP contribution in [0.15, 0.2) is 0 Å². The largest absolute Gasteiger partial charge is 0.362 e. The smallest absolute Gasteiger partial charge is 0.229 e. The standard InChI is InChI=1S/C17H28N4O2S2/c22-14(12-6-1-2-7-12)20-16(24)18-10-5-11-19-17(25)21-15(23)13-8-3-4-9-13/h12-13H,1-11H2,(H2,18,20,22,24)(H2,19,21,23,25). The summed E-state index contributed by atoms with van der Waals surface area (Å²) in [6, 6.07) is 0. The van der Waals surface area contributed by atoms with Crippen molar-refractivity contribution in [3.8, 4) is 0 Å². The third kappa shape index (κ3) is 7.23. The summed E-state index contributed by atoms with van der Waals surface area (Å²) in [5, 5.41) is 12.3. The van der Waals surface area contributed by atoms with Gasteiger partial charge in [0.15, 0.2) is 10.2 Å². The molecule has 2 amide bonds. The minimum absolute atomic E-state index is 0.0314. The number of hydrogen-bond acceptors (Lipinski definition) is 4. The molecule has 140 valence electrons. The third-order valence-electron chi connectivity index (χ3n) is 4.85. The number of carbonyl (C=O) groups excluding carboxylic acids is 2. The number of rotatable bonds is 6. The molecule has 25 heavy (non-hydrogen) atoms. The highest BCUT2D eigenvalue weighted by Crippen LogP contribution is 2.25. The number of hydrogen-bond donors (Lipinski definition) is 4. The van der Waals surface area contributed by atoms with Gasteiger partial charge in [0.1, 0.15) is 0 Å². The summed E-state index contributed by atoms with van der Waals surface area (Å²) in [5.41, 5.74) is 0. The third-order valence-corrected chi connectivity index (χ3v) is 5.34. The van der Waals surface area contributed by atoms with Crippen molar-refractivity contribution in [1.82, 2.24) is 21.3 Å². The van der Waals surface area contributed by atoms with Crippen LogP contribution in [0.5, 0.6) is 0 Å². The summed E-state index contributed by atoms with van der Waals surface area (Å²) >= 11 is 10.3. The van der Waals surface area contributed by atoms with Gasteiger partial charge >= 0.3 is 0 Å². The van der Waals surface area contributed by atoms with Gasteiger partial charge < -0.3 is 21.3 Å². The molecular weight excluding hydrogens is 356 g/mol. The van der Waals surface area contributed by atoms with Gasteiger partial charge in [-0.25, -0.2) is 0 Å². The zero-order valence-corrected chi connectivity index (χ0v) is 16.2. The van der Waals surface area contributed by atoms with Crippen molar-refractivity contribution in [2.45, 2.75) is 57.8 Å².